The molecule has 2 heteroatoms. The second-order valence-electron chi connectivity index (χ2n) is 5.40. The van der Waals surface area contributed by atoms with Crippen molar-refractivity contribution in [1.82, 2.24) is 4.90 Å². The van der Waals surface area contributed by atoms with Crippen molar-refractivity contribution in [2.45, 2.75) is 45.1 Å². The van der Waals surface area contributed by atoms with Gasteiger partial charge in [0.1, 0.15) is 0 Å². The summed E-state index contributed by atoms with van der Waals surface area (Å²) >= 11 is 0. The van der Waals surface area contributed by atoms with Crippen LogP contribution in [0.2, 0.25) is 0 Å². The Hall–Kier alpha value is -1.02. The molecule has 18 heavy (non-hydrogen) atoms. The standard InChI is InChI=1S/C16H26N2/c1-3-14-7-6-8-15(13-14)17-11-10-16-9-4-5-12-18(16)2/h6-8,13,16-17H,3-5,9-12H2,1-2H3. The summed E-state index contributed by atoms with van der Waals surface area (Å²) in [7, 11) is 2.27. The Kier molecular flexibility index (Phi) is 5.06. The van der Waals surface area contributed by atoms with Gasteiger partial charge in [-0.3, -0.25) is 0 Å². The van der Waals surface area contributed by atoms with Crippen LogP contribution < -0.4 is 5.32 Å². The molecule has 1 unspecified atom stereocenters. The number of anilines is 1. The van der Waals surface area contributed by atoms with Crippen LogP contribution in [0.3, 0.4) is 0 Å². The normalized spacial score (nSPS) is 20.9. The van der Waals surface area contributed by atoms with Crippen LogP contribution >= 0.6 is 0 Å². The van der Waals surface area contributed by atoms with E-state index in [0.717, 1.165) is 19.0 Å². The van der Waals surface area contributed by atoms with Gasteiger partial charge in [0.15, 0.2) is 0 Å². The maximum absolute atomic E-state index is 3.56. The lowest BCUT2D eigenvalue weighted by Crippen LogP contribution is -2.37. The molecule has 0 spiro atoms. The highest BCUT2D eigenvalue weighted by atomic mass is 15.1. The number of hydrogen-bond donors (Lipinski definition) is 1. The van der Waals surface area contributed by atoms with Crippen LogP contribution in [0.25, 0.3) is 0 Å². The molecule has 0 amide bonds. The number of hydrogen-bond acceptors (Lipinski definition) is 2. The average Bonchev–Trinajstić information content (AvgIpc) is 2.41. The highest BCUT2D eigenvalue weighted by Gasteiger charge is 2.17. The summed E-state index contributed by atoms with van der Waals surface area (Å²) < 4.78 is 0. The first-order chi connectivity index (χ1) is 8.79. The molecule has 1 N–H and O–H groups in total. The third kappa shape index (κ3) is 3.74. The van der Waals surface area contributed by atoms with Crippen molar-refractivity contribution in [2.24, 2.45) is 0 Å². The summed E-state index contributed by atoms with van der Waals surface area (Å²) in [6.45, 7) is 4.56. The first-order valence-electron chi connectivity index (χ1n) is 7.32. The molecule has 0 aliphatic carbocycles. The number of nitrogens with zero attached hydrogens (tertiary/aromatic N) is 1. The van der Waals surface area contributed by atoms with Gasteiger partial charge in [-0.15, -0.1) is 0 Å². The lowest BCUT2D eigenvalue weighted by Gasteiger charge is -2.32. The number of benzene rings is 1. The van der Waals surface area contributed by atoms with E-state index in [1.54, 1.807) is 0 Å². The van der Waals surface area contributed by atoms with E-state index in [-0.39, 0.29) is 0 Å². The van der Waals surface area contributed by atoms with Crippen molar-refractivity contribution >= 4 is 5.69 Å². The van der Waals surface area contributed by atoms with E-state index in [0.29, 0.717) is 0 Å². The van der Waals surface area contributed by atoms with Crippen LogP contribution in [0.1, 0.15) is 38.2 Å². The van der Waals surface area contributed by atoms with Crippen LogP contribution in [-0.2, 0) is 6.42 Å². The topological polar surface area (TPSA) is 15.3 Å². The molecule has 2 rings (SSSR count). The molecule has 1 aromatic rings. The Balaban J connectivity index is 1.77. The van der Waals surface area contributed by atoms with Crippen LogP contribution in [0.15, 0.2) is 24.3 Å². The van der Waals surface area contributed by atoms with Gasteiger partial charge < -0.3 is 10.2 Å². The highest BCUT2D eigenvalue weighted by Crippen LogP contribution is 2.18. The summed E-state index contributed by atoms with van der Waals surface area (Å²) in [5.41, 5.74) is 2.68. The van der Waals surface area contributed by atoms with Gasteiger partial charge in [-0.1, -0.05) is 25.5 Å². The molecule has 1 heterocycles. The Morgan fingerprint density at radius 2 is 2.22 bits per heavy atom. The van der Waals surface area contributed by atoms with Crippen molar-refractivity contribution in [2.75, 3.05) is 25.5 Å². The second kappa shape index (κ2) is 6.79. The minimum absolute atomic E-state index is 0.778. The number of likely N-dealkylation sites (tertiary alicyclic amines) is 1. The van der Waals surface area contributed by atoms with Crippen molar-refractivity contribution in [3.05, 3.63) is 29.8 Å². The number of nitrogens with one attached hydrogen (secondary N) is 1. The fraction of sp³-hybridized carbons (Fsp3) is 0.625. The minimum atomic E-state index is 0.778. The van der Waals surface area contributed by atoms with Gasteiger partial charge in [0.2, 0.25) is 0 Å². The number of rotatable bonds is 5. The predicted octanol–water partition coefficient (Wildman–Crippen LogP) is 3.54. The molecule has 1 aliphatic rings. The third-order valence-corrected chi connectivity index (χ3v) is 4.06. The zero-order valence-corrected chi connectivity index (χ0v) is 11.8. The molecule has 1 aromatic carbocycles. The van der Waals surface area contributed by atoms with E-state index in [1.807, 2.05) is 0 Å². The molecular formula is C16H26N2. The SMILES string of the molecule is CCc1cccc(NCCC2CCCCN2C)c1. The van der Waals surface area contributed by atoms with Crippen molar-refractivity contribution in [3.8, 4) is 0 Å². The maximum atomic E-state index is 3.56. The third-order valence-electron chi connectivity index (χ3n) is 4.06. The van der Waals surface area contributed by atoms with E-state index >= 15 is 0 Å². The van der Waals surface area contributed by atoms with E-state index in [9.17, 15) is 0 Å². The molecule has 0 bridgehead atoms. The molecule has 1 saturated heterocycles. The Labute approximate surface area is 111 Å². The van der Waals surface area contributed by atoms with Crippen molar-refractivity contribution in [3.63, 3.8) is 0 Å². The van der Waals surface area contributed by atoms with Crippen molar-refractivity contribution in [1.29, 1.82) is 0 Å². The monoisotopic (exact) mass is 246 g/mol. The molecule has 2 nitrogen and oxygen atoms in total. The zero-order chi connectivity index (χ0) is 12.8. The molecule has 0 radical (unpaired) electrons. The van der Waals surface area contributed by atoms with Crippen LogP contribution in [-0.4, -0.2) is 31.1 Å². The first-order valence-corrected chi connectivity index (χ1v) is 7.32. The molecular weight excluding hydrogens is 220 g/mol. The lowest BCUT2D eigenvalue weighted by molar-refractivity contribution is 0.179. The summed E-state index contributed by atoms with van der Waals surface area (Å²) in [5.74, 6) is 0. The Bertz CT molecular complexity index is 362. The Morgan fingerprint density at radius 1 is 1.33 bits per heavy atom. The average molecular weight is 246 g/mol. The van der Waals surface area contributed by atoms with Gasteiger partial charge in [-0.25, -0.2) is 0 Å². The summed E-state index contributed by atoms with van der Waals surface area (Å²) in [6, 6.07) is 9.56. The fourth-order valence-electron chi connectivity index (χ4n) is 2.79. The number of aryl methyl sites for hydroxylation is 1. The van der Waals surface area contributed by atoms with Gasteiger partial charge in [0.05, 0.1) is 0 Å². The van der Waals surface area contributed by atoms with Gasteiger partial charge in [0.25, 0.3) is 0 Å². The minimum Gasteiger partial charge on any atom is -0.385 e. The largest absolute Gasteiger partial charge is 0.385 e. The second-order valence-corrected chi connectivity index (χ2v) is 5.40. The maximum Gasteiger partial charge on any atom is 0.0342 e. The summed E-state index contributed by atoms with van der Waals surface area (Å²) in [6.07, 6.45) is 6.51. The highest BCUT2D eigenvalue weighted by molar-refractivity contribution is 5.45. The van der Waals surface area contributed by atoms with Crippen LogP contribution in [0.4, 0.5) is 5.69 Å². The van der Waals surface area contributed by atoms with Gasteiger partial charge in [0, 0.05) is 18.3 Å². The molecule has 1 aliphatic heterocycles. The van der Waals surface area contributed by atoms with E-state index in [2.05, 4.69) is 48.5 Å². The van der Waals surface area contributed by atoms with E-state index in [4.69, 9.17) is 0 Å². The van der Waals surface area contributed by atoms with E-state index in [1.165, 1.54) is 43.5 Å². The van der Waals surface area contributed by atoms with Gasteiger partial charge in [-0.2, -0.15) is 0 Å². The summed E-state index contributed by atoms with van der Waals surface area (Å²) in [4.78, 5) is 2.52. The lowest BCUT2D eigenvalue weighted by atomic mass is 10.0. The molecule has 1 atom stereocenters. The predicted molar refractivity (Wildman–Crippen MR) is 79.2 cm³/mol. The van der Waals surface area contributed by atoms with Gasteiger partial charge >= 0.3 is 0 Å². The smallest absolute Gasteiger partial charge is 0.0342 e. The Morgan fingerprint density at radius 3 is 3.00 bits per heavy atom. The van der Waals surface area contributed by atoms with Gasteiger partial charge in [-0.05, 0) is 57.0 Å². The molecule has 100 valence electrons. The molecule has 1 fully saturated rings. The van der Waals surface area contributed by atoms with Crippen molar-refractivity contribution < 1.29 is 0 Å². The van der Waals surface area contributed by atoms with E-state index < -0.39 is 0 Å². The first kappa shape index (κ1) is 13.4. The van der Waals surface area contributed by atoms with Crippen LogP contribution in [0.5, 0.6) is 0 Å². The molecule has 0 aromatic heterocycles. The quantitative estimate of drug-likeness (QED) is 0.855. The van der Waals surface area contributed by atoms with Crippen LogP contribution in [0, 0.1) is 0 Å². The molecule has 0 saturated carbocycles. The fourth-order valence-corrected chi connectivity index (χ4v) is 2.79. The summed E-state index contributed by atoms with van der Waals surface area (Å²) in [5, 5.41) is 3.56. The zero-order valence-electron chi connectivity index (χ0n) is 11.8. The number of piperidine rings is 1.